The van der Waals surface area contributed by atoms with Crippen LogP contribution in [0.5, 0.6) is 0 Å². The number of nitrogens with zero attached hydrogens (tertiary/aromatic N) is 3. The van der Waals surface area contributed by atoms with Crippen LogP contribution in [-0.4, -0.2) is 23.2 Å². The number of aryl methyl sites for hydroxylation is 2. The van der Waals surface area contributed by atoms with Crippen molar-refractivity contribution < 1.29 is 8.42 Å². The van der Waals surface area contributed by atoms with Crippen molar-refractivity contribution in [3.05, 3.63) is 29.3 Å². The highest BCUT2D eigenvalue weighted by Crippen LogP contribution is 2.40. The molecule has 1 aliphatic carbocycles. The molecule has 0 radical (unpaired) electrons. The van der Waals surface area contributed by atoms with Crippen LogP contribution in [0.15, 0.2) is 23.4 Å². The predicted molar refractivity (Wildman–Crippen MR) is 74.6 cm³/mol. The van der Waals surface area contributed by atoms with Gasteiger partial charge in [0.2, 0.25) is 0 Å². The van der Waals surface area contributed by atoms with Gasteiger partial charge in [-0.1, -0.05) is 18.2 Å². The van der Waals surface area contributed by atoms with E-state index in [-0.39, 0.29) is 11.2 Å². The molecule has 2 aromatic rings. The summed E-state index contributed by atoms with van der Waals surface area (Å²) in [5.74, 6) is 0.590. The van der Waals surface area contributed by atoms with Crippen molar-refractivity contribution in [2.24, 2.45) is 5.14 Å². The molecule has 20 heavy (non-hydrogen) atoms. The van der Waals surface area contributed by atoms with Gasteiger partial charge in [0.15, 0.2) is 5.82 Å². The van der Waals surface area contributed by atoms with Crippen molar-refractivity contribution in [1.82, 2.24) is 14.8 Å². The second kappa shape index (κ2) is 4.39. The molecule has 3 rings (SSSR count). The molecule has 0 atom stereocenters. The Morgan fingerprint density at radius 2 is 1.80 bits per heavy atom. The number of sulfonamides is 1. The summed E-state index contributed by atoms with van der Waals surface area (Å²) in [6, 6.07) is 6.05. The van der Waals surface area contributed by atoms with E-state index in [2.05, 4.69) is 10.2 Å². The summed E-state index contributed by atoms with van der Waals surface area (Å²) >= 11 is 0. The fraction of sp³-hybridized carbons (Fsp3) is 0.385. The molecule has 7 heteroatoms. The molecule has 106 valence electrons. The molecule has 0 spiro atoms. The first-order chi connectivity index (χ1) is 9.39. The number of hydrogen-bond acceptors (Lipinski definition) is 4. The van der Waals surface area contributed by atoms with Crippen molar-refractivity contribution in [3.8, 4) is 11.4 Å². The average molecular weight is 292 g/mol. The Kier molecular flexibility index (Phi) is 2.91. The van der Waals surface area contributed by atoms with Gasteiger partial charge in [0, 0.05) is 11.6 Å². The maximum absolute atomic E-state index is 11.7. The predicted octanol–water partition coefficient (Wildman–Crippen LogP) is 1.54. The lowest BCUT2D eigenvalue weighted by Crippen LogP contribution is -2.18. The Morgan fingerprint density at radius 3 is 2.30 bits per heavy atom. The van der Waals surface area contributed by atoms with Gasteiger partial charge >= 0.3 is 0 Å². The first kappa shape index (κ1) is 13.3. The van der Waals surface area contributed by atoms with Crippen LogP contribution < -0.4 is 5.14 Å². The van der Waals surface area contributed by atoms with Gasteiger partial charge in [-0.15, -0.1) is 10.2 Å². The van der Waals surface area contributed by atoms with Gasteiger partial charge in [0.1, 0.15) is 0 Å². The van der Waals surface area contributed by atoms with Crippen molar-refractivity contribution in [1.29, 1.82) is 0 Å². The van der Waals surface area contributed by atoms with Gasteiger partial charge in [0.25, 0.3) is 15.2 Å². The third-order valence-corrected chi connectivity index (χ3v) is 4.32. The standard InChI is InChI=1S/C13H16N4O2S/c1-8-4-3-5-9(2)11(8)12-15-16-13(20(14,18)19)17(12)10-6-7-10/h3-5,10H,6-7H2,1-2H3,(H2,14,18,19). The van der Waals surface area contributed by atoms with Crippen LogP contribution in [0, 0.1) is 13.8 Å². The van der Waals surface area contributed by atoms with Gasteiger partial charge in [-0.25, -0.2) is 13.6 Å². The summed E-state index contributed by atoms with van der Waals surface area (Å²) in [5.41, 5.74) is 3.02. The highest BCUT2D eigenvalue weighted by atomic mass is 32.2. The van der Waals surface area contributed by atoms with E-state index in [1.807, 2.05) is 32.0 Å². The Balaban J connectivity index is 2.28. The zero-order valence-corrected chi connectivity index (χ0v) is 12.2. The van der Waals surface area contributed by atoms with E-state index in [0.717, 1.165) is 29.5 Å². The van der Waals surface area contributed by atoms with Crippen LogP contribution >= 0.6 is 0 Å². The highest BCUT2D eigenvalue weighted by Gasteiger charge is 2.34. The van der Waals surface area contributed by atoms with E-state index < -0.39 is 10.0 Å². The third-order valence-electron chi connectivity index (χ3n) is 3.54. The Labute approximate surface area is 117 Å². The summed E-state index contributed by atoms with van der Waals surface area (Å²) in [7, 11) is -3.86. The molecule has 6 nitrogen and oxygen atoms in total. The molecular formula is C13H16N4O2S. The first-order valence-electron chi connectivity index (χ1n) is 6.44. The molecular weight excluding hydrogens is 276 g/mol. The maximum atomic E-state index is 11.7. The first-order valence-corrected chi connectivity index (χ1v) is 7.98. The van der Waals surface area contributed by atoms with Crippen LogP contribution in [0.2, 0.25) is 0 Å². The summed E-state index contributed by atoms with van der Waals surface area (Å²) in [4.78, 5) is 0. The van der Waals surface area contributed by atoms with Crippen molar-refractivity contribution in [2.45, 2.75) is 37.9 Å². The van der Waals surface area contributed by atoms with Gasteiger partial charge in [-0.3, -0.25) is 4.57 Å². The zero-order valence-electron chi connectivity index (χ0n) is 11.4. The molecule has 1 aromatic carbocycles. The Morgan fingerprint density at radius 1 is 1.20 bits per heavy atom. The molecule has 0 bridgehead atoms. The molecule has 1 aromatic heterocycles. The second-order valence-electron chi connectivity index (χ2n) is 5.22. The van der Waals surface area contributed by atoms with Gasteiger partial charge in [-0.2, -0.15) is 0 Å². The quantitative estimate of drug-likeness (QED) is 0.929. The summed E-state index contributed by atoms with van der Waals surface area (Å²) < 4.78 is 25.0. The van der Waals surface area contributed by atoms with E-state index in [9.17, 15) is 8.42 Å². The van der Waals surface area contributed by atoms with Crippen molar-refractivity contribution in [3.63, 3.8) is 0 Å². The molecule has 1 aliphatic rings. The van der Waals surface area contributed by atoms with Crippen molar-refractivity contribution in [2.75, 3.05) is 0 Å². The number of primary sulfonamides is 1. The average Bonchev–Trinajstić information content (AvgIpc) is 3.08. The van der Waals surface area contributed by atoms with Gasteiger partial charge in [0.05, 0.1) is 0 Å². The molecule has 1 fully saturated rings. The van der Waals surface area contributed by atoms with E-state index in [4.69, 9.17) is 5.14 Å². The Bertz CT molecular complexity index is 755. The fourth-order valence-electron chi connectivity index (χ4n) is 2.47. The molecule has 1 heterocycles. The lowest BCUT2D eigenvalue weighted by molar-refractivity contribution is 0.567. The number of aromatic nitrogens is 3. The van der Waals surface area contributed by atoms with Crippen LogP contribution in [0.3, 0.4) is 0 Å². The highest BCUT2D eigenvalue weighted by molar-refractivity contribution is 7.89. The fourth-order valence-corrected chi connectivity index (χ4v) is 3.13. The lowest BCUT2D eigenvalue weighted by Gasteiger charge is -2.12. The topological polar surface area (TPSA) is 90.9 Å². The third kappa shape index (κ3) is 2.12. The lowest BCUT2D eigenvalue weighted by atomic mass is 10.0. The van der Waals surface area contributed by atoms with Gasteiger partial charge in [-0.05, 0) is 37.8 Å². The van der Waals surface area contributed by atoms with Crippen LogP contribution in [0.4, 0.5) is 0 Å². The monoisotopic (exact) mass is 292 g/mol. The number of nitrogens with two attached hydrogens (primary N) is 1. The summed E-state index contributed by atoms with van der Waals surface area (Å²) in [6.45, 7) is 3.95. The molecule has 0 aliphatic heterocycles. The maximum Gasteiger partial charge on any atom is 0.273 e. The molecule has 0 saturated heterocycles. The minimum absolute atomic E-state index is 0.132. The largest absolute Gasteiger partial charge is 0.294 e. The van der Waals surface area contributed by atoms with E-state index in [1.54, 1.807) is 4.57 Å². The van der Waals surface area contributed by atoms with Crippen LogP contribution in [-0.2, 0) is 10.0 Å². The minimum Gasteiger partial charge on any atom is -0.294 e. The smallest absolute Gasteiger partial charge is 0.273 e. The summed E-state index contributed by atoms with van der Waals surface area (Å²) in [6.07, 6.45) is 1.86. The molecule has 1 saturated carbocycles. The van der Waals surface area contributed by atoms with Gasteiger partial charge < -0.3 is 0 Å². The SMILES string of the molecule is Cc1cccc(C)c1-c1nnc(S(N)(=O)=O)n1C1CC1. The van der Waals surface area contributed by atoms with Crippen LogP contribution in [0.25, 0.3) is 11.4 Å². The summed E-state index contributed by atoms with van der Waals surface area (Å²) in [5, 5.41) is 13.0. The van der Waals surface area contributed by atoms with Crippen molar-refractivity contribution >= 4 is 10.0 Å². The number of hydrogen-bond donors (Lipinski definition) is 1. The van der Waals surface area contributed by atoms with E-state index in [1.165, 1.54) is 0 Å². The number of rotatable bonds is 3. The molecule has 0 unspecified atom stereocenters. The second-order valence-corrected chi connectivity index (χ2v) is 6.67. The molecule has 2 N–H and O–H groups in total. The van der Waals surface area contributed by atoms with E-state index >= 15 is 0 Å². The van der Waals surface area contributed by atoms with Crippen LogP contribution in [0.1, 0.15) is 30.0 Å². The molecule has 0 amide bonds. The Hall–Kier alpha value is -1.73. The number of benzene rings is 1. The normalized spacial score (nSPS) is 15.6. The van der Waals surface area contributed by atoms with E-state index in [0.29, 0.717) is 5.82 Å². The minimum atomic E-state index is -3.86. The zero-order chi connectivity index (χ0) is 14.5.